The zero-order chi connectivity index (χ0) is 19.4. The van der Waals surface area contributed by atoms with Crippen LogP contribution in [0.3, 0.4) is 0 Å². The van der Waals surface area contributed by atoms with Gasteiger partial charge in [0.15, 0.2) is 0 Å². The summed E-state index contributed by atoms with van der Waals surface area (Å²) >= 11 is 0. The Morgan fingerprint density at radius 3 is 2.70 bits per heavy atom. The van der Waals surface area contributed by atoms with Crippen molar-refractivity contribution >= 4 is 11.8 Å². The highest BCUT2D eigenvalue weighted by molar-refractivity contribution is 5.83. The van der Waals surface area contributed by atoms with Gasteiger partial charge < -0.3 is 15.0 Å². The van der Waals surface area contributed by atoms with Gasteiger partial charge in [-0.05, 0) is 31.3 Å². The number of likely N-dealkylation sites (N-methyl/N-ethyl adjacent to an activating group) is 1. The molecule has 1 fully saturated rings. The van der Waals surface area contributed by atoms with Crippen molar-refractivity contribution in [3.05, 3.63) is 36.0 Å². The molecule has 2 heterocycles. The van der Waals surface area contributed by atoms with Crippen LogP contribution in [0.15, 0.2) is 30.5 Å². The molecule has 0 saturated carbocycles. The molecule has 1 aromatic carbocycles. The lowest BCUT2D eigenvalue weighted by Gasteiger charge is -2.38. The van der Waals surface area contributed by atoms with Gasteiger partial charge in [-0.15, -0.1) is 0 Å². The van der Waals surface area contributed by atoms with E-state index < -0.39 is 0 Å². The number of benzene rings is 1. The number of ether oxygens (including phenoxy) is 1. The molecule has 0 bridgehead atoms. The third-order valence-electron chi connectivity index (χ3n) is 4.95. The molecule has 8 heteroatoms. The standard InChI is InChI=1S/C19H25N5O3/c1-13(25)24-9-8-23(2)17(12-24)19(26)20-10-15-11-21-22-18(15)14-4-6-16(27-3)7-5-14/h4-7,11,17H,8-10,12H2,1-3H3,(H,20,26)(H,21,22). The normalized spacial score (nSPS) is 17.6. The summed E-state index contributed by atoms with van der Waals surface area (Å²) < 4.78 is 5.18. The van der Waals surface area contributed by atoms with Gasteiger partial charge in [-0.2, -0.15) is 5.10 Å². The summed E-state index contributed by atoms with van der Waals surface area (Å²) in [6, 6.07) is 7.30. The number of rotatable bonds is 5. The Hall–Kier alpha value is -2.87. The number of H-pyrrole nitrogens is 1. The van der Waals surface area contributed by atoms with E-state index in [4.69, 9.17) is 4.74 Å². The van der Waals surface area contributed by atoms with Gasteiger partial charge in [0.1, 0.15) is 11.8 Å². The van der Waals surface area contributed by atoms with Crippen LogP contribution in [0, 0.1) is 0 Å². The molecule has 0 spiro atoms. The molecule has 1 atom stereocenters. The lowest BCUT2D eigenvalue weighted by atomic mass is 10.1. The van der Waals surface area contributed by atoms with Crippen molar-refractivity contribution in [2.24, 2.45) is 0 Å². The highest BCUT2D eigenvalue weighted by Crippen LogP contribution is 2.23. The van der Waals surface area contributed by atoms with Crippen molar-refractivity contribution in [3.8, 4) is 17.0 Å². The summed E-state index contributed by atoms with van der Waals surface area (Å²) in [6.45, 7) is 3.64. The number of carbonyl (C=O) groups is 2. The van der Waals surface area contributed by atoms with E-state index in [0.29, 0.717) is 26.2 Å². The summed E-state index contributed by atoms with van der Waals surface area (Å²) in [7, 11) is 3.53. The van der Waals surface area contributed by atoms with Crippen LogP contribution in [0.1, 0.15) is 12.5 Å². The maximum atomic E-state index is 12.7. The van der Waals surface area contributed by atoms with Crippen LogP contribution >= 0.6 is 0 Å². The fourth-order valence-corrected chi connectivity index (χ4v) is 3.20. The number of methoxy groups -OCH3 is 1. The molecule has 27 heavy (non-hydrogen) atoms. The van der Waals surface area contributed by atoms with E-state index in [1.807, 2.05) is 36.2 Å². The second kappa shape index (κ2) is 8.22. The Morgan fingerprint density at radius 1 is 1.30 bits per heavy atom. The summed E-state index contributed by atoms with van der Waals surface area (Å²) in [4.78, 5) is 28.0. The Balaban J connectivity index is 1.65. The largest absolute Gasteiger partial charge is 0.497 e. The molecule has 8 nitrogen and oxygen atoms in total. The van der Waals surface area contributed by atoms with Gasteiger partial charge in [-0.1, -0.05) is 0 Å². The Labute approximate surface area is 158 Å². The number of hydrogen-bond acceptors (Lipinski definition) is 5. The molecule has 3 rings (SSSR count). The number of carbonyl (C=O) groups excluding carboxylic acids is 2. The minimum absolute atomic E-state index is 0.00229. The molecule has 1 aliphatic heterocycles. The van der Waals surface area contributed by atoms with Crippen LogP contribution in [-0.2, 0) is 16.1 Å². The molecule has 1 aromatic heterocycles. The van der Waals surface area contributed by atoms with Gasteiger partial charge in [-0.3, -0.25) is 19.6 Å². The van der Waals surface area contributed by atoms with Crippen LogP contribution in [0.25, 0.3) is 11.3 Å². The van der Waals surface area contributed by atoms with Crippen molar-refractivity contribution in [1.82, 2.24) is 25.3 Å². The number of amides is 2. The SMILES string of the molecule is COc1ccc(-c2[nH]ncc2CNC(=O)C2CN(C(C)=O)CCN2C)cc1. The number of piperazine rings is 1. The Kier molecular flexibility index (Phi) is 5.75. The molecule has 1 unspecified atom stereocenters. The minimum atomic E-state index is -0.348. The molecule has 1 saturated heterocycles. The zero-order valence-electron chi connectivity index (χ0n) is 15.9. The van der Waals surface area contributed by atoms with Crippen LogP contribution in [0.4, 0.5) is 0 Å². The molecule has 2 aromatic rings. The lowest BCUT2D eigenvalue weighted by molar-refractivity contribution is -0.135. The molecule has 1 aliphatic rings. The maximum absolute atomic E-state index is 12.7. The number of aromatic amines is 1. The highest BCUT2D eigenvalue weighted by atomic mass is 16.5. The molecule has 0 aliphatic carbocycles. The number of hydrogen-bond donors (Lipinski definition) is 2. The van der Waals surface area contributed by atoms with Gasteiger partial charge in [0.05, 0.1) is 19.0 Å². The summed E-state index contributed by atoms with van der Waals surface area (Å²) in [5, 5.41) is 10.1. The second-order valence-electron chi connectivity index (χ2n) is 6.68. The van der Waals surface area contributed by atoms with E-state index in [2.05, 4.69) is 15.5 Å². The van der Waals surface area contributed by atoms with Crippen molar-refractivity contribution in [1.29, 1.82) is 0 Å². The third kappa shape index (κ3) is 4.28. The second-order valence-corrected chi connectivity index (χ2v) is 6.68. The van der Waals surface area contributed by atoms with Crippen LogP contribution in [-0.4, -0.2) is 71.6 Å². The lowest BCUT2D eigenvalue weighted by Crippen LogP contribution is -2.58. The van der Waals surface area contributed by atoms with Gasteiger partial charge in [-0.25, -0.2) is 0 Å². The van der Waals surface area contributed by atoms with E-state index in [0.717, 1.165) is 22.6 Å². The average molecular weight is 371 g/mol. The van der Waals surface area contributed by atoms with Crippen molar-refractivity contribution < 1.29 is 14.3 Å². The quantitative estimate of drug-likeness (QED) is 0.814. The van der Waals surface area contributed by atoms with Crippen molar-refractivity contribution in [3.63, 3.8) is 0 Å². The summed E-state index contributed by atoms with van der Waals surface area (Å²) in [6.07, 6.45) is 1.71. The predicted molar refractivity (Wildman–Crippen MR) is 101 cm³/mol. The van der Waals surface area contributed by atoms with Gasteiger partial charge in [0, 0.05) is 44.2 Å². The zero-order valence-corrected chi connectivity index (χ0v) is 15.9. The van der Waals surface area contributed by atoms with Gasteiger partial charge >= 0.3 is 0 Å². The van der Waals surface area contributed by atoms with Crippen LogP contribution in [0.2, 0.25) is 0 Å². The maximum Gasteiger partial charge on any atom is 0.239 e. The molecule has 144 valence electrons. The van der Waals surface area contributed by atoms with Gasteiger partial charge in [0.25, 0.3) is 0 Å². The number of nitrogens with one attached hydrogen (secondary N) is 2. The van der Waals surface area contributed by atoms with E-state index in [1.54, 1.807) is 18.2 Å². The fourth-order valence-electron chi connectivity index (χ4n) is 3.20. The first-order valence-electron chi connectivity index (χ1n) is 8.89. The highest BCUT2D eigenvalue weighted by Gasteiger charge is 2.31. The molecular formula is C19H25N5O3. The first kappa shape index (κ1) is 18.9. The van der Waals surface area contributed by atoms with Crippen molar-refractivity contribution in [2.75, 3.05) is 33.8 Å². The average Bonchev–Trinajstić information content (AvgIpc) is 3.15. The molecule has 2 amide bonds. The number of nitrogens with zero attached hydrogens (tertiary/aromatic N) is 3. The minimum Gasteiger partial charge on any atom is -0.497 e. The van der Waals surface area contributed by atoms with E-state index >= 15 is 0 Å². The molecule has 2 N–H and O–H groups in total. The third-order valence-corrected chi connectivity index (χ3v) is 4.95. The summed E-state index contributed by atoms with van der Waals surface area (Å²) in [5.41, 5.74) is 2.73. The predicted octanol–water partition coefficient (Wildman–Crippen LogP) is 0.864. The fraction of sp³-hybridized carbons (Fsp3) is 0.421. The molecular weight excluding hydrogens is 346 g/mol. The first-order valence-corrected chi connectivity index (χ1v) is 8.89. The molecule has 0 radical (unpaired) electrons. The summed E-state index contributed by atoms with van der Waals surface area (Å²) in [5.74, 6) is 0.686. The van der Waals surface area contributed by atoms with Crippen LogP contribution < -0.4 is 10.1 Å². The Bertz CT molecular complexity index is 802. The van der Waals surface area contributed by atoms with E-state index in [-0.39, 0.29) is 17.9 Å². The topological polar surface area (TPSA) is 90.6 Å². The Morgan fingerprint density at radius 2 is 2.04 bits per heavy atom. The van der Waals surface area contributed by atoms with Crippen LogP contribution in [0.5, 0.6) is 5.75 Å². The van der Waals surface area contributed by atoms with Gasteiger partial charge in [0.2, 0.25) is 11.8 Å². The smallest absolute Gasteiger partial charge is 0.239 e. The van der Waals surface area contributed by atoms with E-state index in [9.17, 15) is 9.59 Å². The van der Waals surface area contributed by atoms with Crippen molar-refractivity contribution in [2.45, 2.75) is 19.5 Å². The monoisotopic (exact) mass is 371 g/mol. The van der Waals surface area contributed by atoms with E-state index in [1.165, 1.54) is 6.92 Å². The number of aromatic nitrogens is 2. The first-order chi connectivity index (χ1) is 13.0.